The summed E-state index contributed by atoms with van der Waals surface area (Å²) in [4.78, 5) is 12.3. The van der Waals surface area contributed by atoms with Crippen LogP contribution < -0.4 is 10.1 Å². The van der Waals surface area contributed by atoms with Crippen molar-refractivity contribution in [3.8, 4) is 5.75 Å². The second kappa shape index (κ2) is 9.93. The molecule has 0 bridgehead atoms. The number of benzene rings is 3. The third-order valence-electron chi connectivity index (χ3n) is 4.52. The maximum absolute atomic E-state index is 12.3. The number of carbonyl (C=O) groups is 1. The summed E-state index contributed by atoms with van der Waals surface area (Å²) in [6.45, 7) is 0.256. The zero-order valence-corrected chi connectivity index (χ0v) is 18.1. The third-order valence-corrected chi connectivity index (χ3v) is 6.09. The van der Waals surface area contributed by atoms with E-state index in [0.29, 0.717) is 10.6 Å². The number of halogens is 1. The molecule has 0 atom stereocenters. The summed E-state index contributed by atoms with van der Waals surface area (Å²) in [5.74, 6) is 0.327. The maximum Gasteiger partial charge on any atom is 0.235 e. The molecule has 0 fully saturated rings. The van der Waals surface area contributed by atoms with Gasteiger partial charge in [-0.05, 0) is 23.1 Å². The lowest BCUT2D eigenvalue weighted by Crippen LogP contribution is -2.41. The number of amides is 1. The molecule has 3 aromatic carbocycles. The first-order valence-corrected chi connectivity index (χ1v) is 11.6. The van der Waals surface area contributed by atoms with Gasteiger partial charge in [0.05, 0.1) is 19.3 Å². The van der Waals surface area contributed by atoms with Gasteiger partial charge in [0.15, 0.2) is 0 Å². The molecule has 1 amide bonds. The molecule has 1 N–H and O–H groups in total. The van der Waals surface area contributed by atoms with Gasteiger partial charge in [0.25, 0.3) is 0 Å². The van der Waals surface area contributed by atoms with Crippen LogP contribution in [-0.2, 0) is 21.4 Å². The SMILES string of the molecule is CS(=O)(=O)N(CC(=O)NCCOc1cccc2ccccc12)Cc1ccccc1Cl. The molecule has 0 saturated carbocycles. The number of hydrogen-bond acceptors (Lipinski definition) is 4. The average Bonchev–Trinajstić information content (AvgIpc) is 2.71. The topological polar surface area (TPSA) is 75.7 Å². The van der Waals surface area contributed by atoms with Gasteiger partial charge >= 0.3 is 0 Å². The van der Waals surface area contributed by atoms with Gasteiger partial charge in [0.1, 0.15) is 12.4 Å². The molecule has 6 nitrogen and oxygen atoms in total. The van der Waals surface area contributed by atoms with Crippen LogP contribution in [0.2, 0.25) is 5.02 Å². The fourth-order valence-electron chi connectivity index (χ4n) is 3.00. The van der Waals surface area contributed by atoms with Crippen LogP contribution in [-0.4, -0.2) is 44.6 Å². The molecule has 158 valence electrons. The summed E-state index contributed by atoms with van der Waals surface area (Å²) in [6, 6.07) is 20.6. The summed E-state index contributed by atoms with van der Waals surface area (Å²) in [5.41, 5.74) is 0.636. The Morgan fingerprint density at radius 3 is 2.50 bits per heavy atom. The van der Waals surface area contributed by atoms with Crippen LogP contribution in [0.1, 0.15) is 5.56 Å². The minimum absolute atomic E-state index is 0.0262. The van der Waals surface area contributed by atoms with Gasteiger partial charge < -0.3 is 10.1 Å². The van der Waals surface area contributed by atoms with Gasteiger partial charge in [-0.25, -0.2) is 8.42 Å². The molecule has 0 aliphatic carbocycles. The van der Waals surface area contributed by atoms with Crippen molar-refractivity contribution >= 4 is 38.3 Å². The number of rotatable bonds is 9. The lowest BCUT2D eigenvalue weighted by Gasteiger charge is -2.20. The van der Waals surface area contributed by atoms with Gasteiger partial charge in [-0.2, -0.15) is 4.31 Å². The van der Waals surface area contributed by atoms with E-state index in [9.17, 15) is 13.2 Å². The summed E-state index contributed by atoms with van der Waals surface area (Å²) in [7, 11) is -3.59. The van der Waals surface area contributed by atoms with E-state index in [1.807, 2.05) is 42.5 Å². The predicted molar refractivity (Wildman–Crippen MR) is 119 cm³/mol. The van der Waals surface area contributed by atoms with Crippen LogP contribution in [0.4, 0.5) is 0 Å². The fourth-order valence-corrected chi connectivity index (χ4v) is 3.92. The van der Waals surface area contributed by atoms with E-state index >= 15 is 0 Å². The molecule has 0 spiro atoms. The minimum Gasteiger partial charge on any atom is -0.491 e. The second-order valence-electron chi connectivity index (χ2n) is 6.80. The van der Waals surface area contributed by atoms with Crippen LogP contribution in [0.3, 0.4) is 0 Å². The smallest absolute Gasteiger partial charge is 0.235 e. The van der Waals surface area contributed by atoms with E-state index in [1.165, 1.54) is 0 Å². The zero-order valence-electron chi connectivity index (χ0n) is 16.5. The molecule has 0 radical (unpaired) electrons. The second-order valence-corrected chi connectivity index (χ2v) is 9.19. The Morgan fingerprint density at radius 2 is 1.73 bits per heavy atom. The Hall–Kier alpha value is -2.61. The Kier molecular flexibility index (Phi) is 7.31. The molecule has 3 aromatic rings. The Balaban J connectivity index is 1.54. The monoisotopic (exact) mass is 446 g/mol. The Labute approximate surface area is 181 Å². The minimum atomic E-state index is -3.59. The quantitative estimate of drug-likeness (QED) is 0.511. The van der Waals surface area contributed by atoms with Crippen molar-refractivity contribution in [2.24, 2.45) is 0 Å². The molecular weight excluding hydrogens is 424 g/mol. The number of hydrogen-bond donors (Lipinski definition) is 1. The Bertz CT molecular complexity index is 1130. The number of carbonyl (C=O) groups excluding carboxylic acids is 1. The highest BCUT2D eigenvalue weighted by molar-refractivity contribution is 7.88. The highest BCUT2D eigenvalue weighted by Gasteiger charge is 2.21. The number of nitrogens with zero attached hydrogens (tertiary/aromatic N) is 1. The Morgan fingerprint density at radius 1 is 1.03 bits per heavy atom. The van der Waals surface area contributed by atoms with Gasteiger partial charge in [-0.15, -0.1) is 0 Å². The van der Waals surface area contributed by atoms with E-state index in [0.717, 1.165) is 27.1 Å². The summed E-state index contributed by atoms with van der Waals surface area (Å²) in [6.07, 6.45) is 1.07. The van der Waals surface area contributed by atoms with Crippen molar-refractivity contribution in [3.63, 3.8) is 0 Å². The van der Waals surface area contributed by atoms with Crippen molar-refractivity contribution in [1.82, 2.24) is 9.62 Å². The van der Waals surface area contributed by atoms with E-state index in [-0.39, 0.29) is 26.2 Å². The van der Waals surface area contributed by atoms with Crippen molar-refractivity contribution in [2.45, 2.75) is 6.54 Å². The van der Waals surface area contributed by atoms with Crippen LogP contribution >= 0.6 is 11.6 Å². The normalized spacial score (nSPS) is 11.6. The van der Waals surface area contributed by atoms with E-state index in [1.54, 1.807) is 24.3 Å². The molecule has 0 aliphatic heterocycles. The van der Waals surface area contributed by atoms with Gasteiger partial charge in [0.2, 0.25) is 15.9 Å². The van der Waals surface area contributed by atoms with Crippen molar-refractivity contribution < 1.29 is 17.9 Å². The first-order chi connectivity index (χ1) is 14.3. The molecule has 0 aromatic heterocycles. The summed E-state index contributed by atoms with van der Waals surface area (Å²) >= 11 is 6.12. The molecule has 30 heavy (non-hydrogen) atoms. The van der Waals surface area contributed by atoms with Crippen LogP contribution in [0.15, 0.2) is 66.7 Å². The zero-order chi connectivity index (χ0) is 21.6. The first-order valence-electron chi connectivity index (χ1n) is 9.40. The van der Waals surface area contributed by atoms with Gasteiger partial charge in [-0.3, -0.25) is 4.79 Å². The van der Waals surface area contributed by atoms with Crippen molar-refractivity contribution in [1.29, 1.82) is 0 Å². The fraction of sp³-hybridized carbons (Fsp3) is 0.227. The van der Waals surface area contributed by atoms with E-state index < -0.39 is 15.9 Å². The van der Waals surface area contributed by atoms with Crippen LogP contribution in [0.25, 0.3) is 10.8 Å². The molecule has 0 unspecified atom stereocenters. The molecule has 0 aliphatic rings. The largest absolute Gasteiger partial charge is 0.491 e. The van der Waals surface area contributed by atoms with Gasteiger partial charge in [0, 0.05) is 17.0 Å². The molecule has 0 saturated heterocycles. The van der Waals surface area contributed by atoms with Crippen LogP contribution in [0, 0.1) is 0 Å². The third kappa shape index (κ3) is 5.95. The van der Waals surface area contributed by atoms with E-state index in [4.69, 9.17) is 16.3 Å². The first kappa shape index (κ1) is 22.1. The van der Waals surface area contributed by atoms with E-state index in [2.05, 4.69) is 5.32 Å². The predicted octanol–water partition coefficient (Wildman–Crippen LogP) is 3.45. The van der Waals surface area contributed by atoms with Gasteiger partial charge in [-0.1, -0.05) is 66.2 Å². The maximum atomic E-state index is 12.3. The molecule has 8 heteroatoms. The van der Waals surface area contributed by atoms with Crippen molar-refractivity contribution in [2.75, 3.05) is 26.0 Å². The highest BCUT2D eigenvalue weighted by atomic mass is 35.5. The summed E-state index contributed by atoms with van der Waals surface area (Å²) < 4.78 is 31.1. The number of sulfonamides is 1. The van der Waals surface area contributed by atoms with Crippen LogP contribution in [0.5, 0.6) is 5.75 Å². The summed E-state index contributed by atoms with van der Waals surface area (Å²) in [5, 5.41) is 5.22. The lowest BCUT2D eigenvalue weighted by atomic mass is 10.1. The number of ether oxygens (including phenoxy) is 1. The average molecular weight is 447 g/mol. The lowest BCUT2D eigenvalue weighted by molar-refractivity contribution is -0.121. The van der Waals surface area contributed by atoms with Crippen molar-refractivity contribution in [3.05, 3.63) is 77.3 Å². The number of nitrogens with one attached hydrogen (secondary N) is 1. The molecular formula is C22H23ClN2O4S. The molecule has 3 rings (SSSR count). The standard InChI is InChI=1S/C22H23ClN2O4S/c1-30(27,28)25(15-18-8-3-5-11-20(18)23)16-22(26)24-13-14-29-21-12-6-9-17-7-2-4-10-19(17)21/h2-12H,13-16H2,1H3,(H,24,26). The highest BCUT2D eigenvalue weighted by Crippen LogP contribution is 2.24. The molecule has 0 heterocycles. The number of fused-ring (bicyclic) bond motifs is 1.